The van der Waals surface area contributed by atoms with Crippen LogP contribution in [-0.2, 0) is 13.5 Å². The molecule has 0 aliphatic rings. The summed E-state index contributed by atoms with van der Waals surface area (Å²) in [5.74, 6) is 0. The van der Waals surface area contributed by atoms with Gasteiger partial charge in [-0.05, 0) is 29.3 Å². The molecule has 0 bridgehead atoms. The van der Waals surface area contributed by atoms with E-state index >= 15 is 0 Å². The van der Waals surface area contributed by atoms with Crippen molar-refractivity contribution in [3.8, 4) is 0 Å². The van der Waals surface area contributed by atoms with Crippen LogP contribution in [0.1, 0.15) is 17.2 Å². The SMILES string of the molecule is Cn1cc(CC(O)c2cc(Br)ccc2Br)cn1. The zero-order valence-corrected chi connectivity index (χ0v) is 12.4. The summed E-state index contributed by atoms with van der Waals surface area (Å²) in [5, 5.41) is 14.3. The fourth-order valence-corrected chi connectivity index (χ4v) is 2.57. The highest BCUT2D eigenvalue weighted by Gasteiger charge is 2.13. The lowest BCUT2D eigenvalue weighted by Crippen LogP contribution is -2.02. The second-order valence-corrected chi connectivity index (χ2v) is 5.68. The lowest BCUT2D eigenvalue weighted by Gasteiger charge is -2.12. The summed E-state index contributed by atoms with van der Waals surface area (Å²) >= 11 is 6.85. The predicted molar refractivity (Wildman–Crippen MR) is 73.7 cm³/mol. The van der Waals surface area contributed by atoms with Gasteiger partial charge in [-0.15, -0.1) is 0 Å². The van der Waals surface area contributed by atoms with Crippen molar-refractivity contribution < 1.29 is 5.11 Å². The fourth-order valence-electron chi connectivity index (χ4n) is 1.68. The van der Waals surface area contributed by atoms with E-state index in [-0.39, 0.29) is 0 Å². The second kappa shape index (κ2) is 5.33. The molecule has 0 amide bonds. The molecule has 0 saturated carbocycles. The van der Waals surface area contributed by atoms with E-state index in [4.69, 9.17) is 0 Å². The van der Waals surface area contributed by atoms with Gasteiger partial charge in [0.1, 0.15) is 0 Å². The first-order valence-electron chi connectivity index (χ1n) is 5.17. The normalized spacial score (nSPS) is 12.7. The highest BCUT2D eigenvalue weighted by molar-refractivity contribution is 9.11. The second-order valence-electron chi connectivity index (χ2n) is 3.91. The topological polar surface area (TPSA) is 38.0 Å². The molecular weight excluding hydrogens is 348 g/mol. The monoisotopic (exact) mass is 358 g/mol. The summed E-state index contributed by atoms with van der Waals surface area (Å²) in [6.07, 6.45) is 3.71. The number of hydrogen-bond acceptors (Lipinski definition) is 2. The number of benzene rings is 1. The van der Waals surface area contributed by atoms with E-state index in [1.54, 1.807) is 10.9 Å². The Labute approximate surface area is 117 Å². The van der Waals surface area contributed by atoms with Gasteiger partial charge in [-0.25, -0.2) is 0 Å². The summed E-state index contributed by atoms with van der Waals surface area (Å²) in [5.41, 5.74) is 1.90. The average Bonchev–Trinajstić information content (AvgIpc) is 2.67. The third kappa shape index (κ3) is 3.18. The van der Waals surface area contributed by atoms with Crippen molar-refractivity contribution in [2.75, 3.05) is 0 Å². The number of nitrogens with zero attached hydrogens (tertiary/aromatic N) is 2. The molecule has 0 saturated heterocycles. The van der Waals surface area contributed by atoms with Crippen LogP contribution >= 0.6 is 31.9 Å². The van der Waals surface area contributed by atoms with Gasteiger partial charge in [0.2, 0.25) is 0 Å². The van der Waals surface area contributed by atoms with Crippen LogP contribution < -0.4 is 0 Å². The first kappa shape index (κ1) is 12.8. The minimum Gasteiger partial charge on any atom is -0.388 e. The highest BCUT2D eigenvalue weighted by Crippen LogP contribution is 2.28. The van der Waals surface area contributed by atoms with E-state index in [1.165, 1.54) is 0 Å². The summed E-state index contributed by atoms with van der Waals surface area (Å²) in [4.78, 5) is 0. The maximum atomic E-state index is 10.2. The van der Waals surface area contributed by atoms with Crippen molar-refractivity contribution in [2.24, 2.45) is 7.05 Å². The number of aliphatic hydroxyl groups is 1. The Morgan fingerprint density at radius 3 is 2.82 bits per heavy atom. The van der Waals surface area contributed by atoms with Crippen LogP contribution in [0.15, 0.2) is 39.5 Å². The highest BCUT2D eigenvalue weighted by atomic mass is 79.9. The molecule has 0 aliphatic heterocycles. The lowest BCUT2D eigenvalue weighted by atomic mass is 10.0. The van der Waals surface area contributed by atoms with Gasteiger partial charge in [-0.1, -0.05) is 31.9 Å². The Balaban J connectivity index is 2.19. The minimum atomic E-state index is -0.536. The van der Waals surface area contributed by atoms with Crippen LogP contribution in [0.3, 0.4) is 0 Å². The molecule has 1 heterocycles. The van der Waals surface area contributed by atoms with Crippen molar-refractivity contribution in [1.82, 2.24) is 9.78 Å². The lowest BCUT2D eigenvalue weighted by molar-refractivity contribution is 0.177. The van der Waals surface area contributed by atoms with E-state index in [2.05, 4.69) is 37.0 Å². The molecule has 1 N–H and O–H groups in total. The first-order chi connectivity index (χ1) is 8.06. The average molecular weight is 360 g/mol. The molecule has 1 atom stereocenters. The Morgan fingerprint density at radius 2 is 2.18 bits per heavy atom. The van der Waals surface area contributed by atoms with Crippen molar-refractivity contribution in [3.05, 3.63) is 50.7 Å². The smallest absolute Gasteiger partial charge is 0.0842 e. The van der Waals surface area contributed by atoms with E-state index in [0.29, 0.717) is 6.42 Å². The van der Waals surface area contributed by atoms with E-state index in [9.17, 15) is 5.11 Å². The van der Waals surface area contributed by atoms with E-state index < -0.39 is 6.10 Å². The number of rotatable bonds is 3. The Hall–Kier alpha value is -0.650. The first-order valence-corrected chi connectivity index (χ1v) is 6.75. The van der Waals surface area contributed by atoms with Crippen LogP contribution in [0, 0.1) is 0 Å². The van der Waals surface area contributed by atoms with Crippen molar-refractivity contribution in [2.45, 2.75) is 12.5 Å². The van der Waals surface area contributed by atoms with Gasteiger partial charge >= 0.3 is 0 Å². The largest absolute Gasteiger partial charge is 0.388 e. The van der Waals surface area contributed by atoms with E-state index in [0.717, 1.165) is 20.1 Å². The maximum absolute atomic E-state index is 10.2. The number of aromatic nitrogens is 2. The standard InChI is InChI=1S/C12H12Br2N2O/c1-16-7-8(6-15-16)4-12(17)10-5-9(13)2-3-11(10)14/h2-3,5-7,12,17H,4H2,1H3. The van der Waals surface area contributed by atoms with Gasteiger partial charge < -0.3 is 5.11 Å². The van der Waals surface area contributed by atoms with Gasteiger partial charge in [0.25, 0.3) is 0 Å². The van der Waals surface area contributed by atoms with Crippen LogP contribution in [0.25, 0.3) is 0 Å². The summed E-state index contributed by atoms with van der Waals surface area (Å²) in [6.45, 7) is 0. The molecule has 90 valence electrons. The predicted octanol–water partition coefficient (Wildman–Crippen LogP) is 3.22. The number of hydrogen-bond donors (Lipinski definition) is 1. The molecule has 2 aromatic rings. The van der Waals surface area contributed by atoms with Crippen LogP contribution in [0.4, 0.5) is 0 Å². The molecular formula is C12H12Br2N2O. The summed E-state index contributed by atoms with van der Waals surface area (Å²) in [6, 6.07) is 5.78. The third-order valence-corrected chi connectivity index (χ3v) is 3.72. The number of halogens is 2. The Morgan fingerprint density at radius 1 is 1.41 bits per heavy atom. The maximum Gasteiger partial charge on any atom is 0.0842 e. The molecule has 2 rings (SSSR count). The summed E-state index contributed by atoms with van der Waals surface area (Å²) in [7, 11) is 1.87. The van der Waals surface area contributed by atoms with Crippen LogP contribution in [0.5, 0.6) is 0 Å². The van der Waals surface area contributed by atoms with E-state index in [1.807, 2.05) is 31.4 Å². The van der Waals surface area contributed by atoms with Gasteiger partial charge in [-0.3, -0.25) is 4.68 Å². The van der Waals surface area contributed by atoms with Crippen molar-refractivity contribution >= 4 is 31.9 Å². The number of aliphatic hydroxyl groups excluding tert-OH is 1. The molecule has 0 radical (unpaired) electrons. The molecule has 5 heteroatoms. The van der Waals surface area contributed by atoms with Crippen LogP contribution in [-0.4, -0.2) is 14.9 Å². The van der Waals surface area contributed by atoms with Gasteiger partial charge in [0, 0.05) is 28.6 Å². The van der Waals surface area contributed by atoms with Gasteiger partial charge in [-0.2, -0.15) is 5.10 Å². The summed E-state index contributed by atoms with van der Waals surface area (Å²) < 4.78 is 3.61. The van der Waals surface area contributed by atoms with Gasteiger partial charge in [0.05, 0.1) is 12.3 Å². The fraction of sp³-hybridized carbons (Fsp3) is 0.250. The van der Waals surface area contributed by atoms with Gasteiger partial charge in [0.15, 0.2) is 0 Å². The molecule has 0 fully saturated rings. The van der Waals surface area contributed by atoms with Crippen LogP contribution in [0.2, 0.25) is 0 Å². The molecule has 3 nitrogen and oxygen atoms in total. The molecule has 1 aromatic carbocycles. The zero-order chi connectivity index (χ0) is 12.4. The molecule has 0 aliphatic carbocycles. The number of aryl methyl sites for hydroxylation is 1. The molecule has 0 spiro atoms. The quantitative estimate of drug-likeness (QED) is 0.913. The zero-order valence-electron chi connectivity index (χ0n) is 9.27. The third-order valence-electron chi connectivity index (χ3n) is 2.50. The minimum absolute atomic E-state index is 0.536. The Bertz CT molecular complexity index is 525. The molecule has 1 aromatic heterocycles. The molecule has 17 heavy (non-hydrogen) atoms. The van der Waals surface area contributed by atoms with Crippen molar-refractivity contribution in [1.29, 1.82) is 0 Å². The van der Waals surface area contributed by atoms with Crippen molar-refractivity contribution in [3.63, 3.8) is 0 Å². The Kier molecular flexibility index (Phi) is 4.01. The molecule has 1 unspecified atom stereocenters.